The van der Waals surface area contributed by atoms with Crippen LogP contribution in [0.4, 0.5) is 4.39 Å². The molecule has 0 saturated heterocycles. The van der Waals surface area contributed by atoms with Gasteiger partial charge in [0.1, 0.15) is 16.0 Å². The first-order chi connectivity index (χ1) is 7.11. The van der Waals surface area contributed by atoms with Crippen LogP contribution in [-0.2, 0) is 0 Å². The van der Waals surface area contributed by atoms with Crippen molar-refractivity contribution < 1.29 is 8.91 Å². The van der Waals surface area contributed by atoms with Crippen molar-refractivity contribution in [3.05, 3.63) is 38.7 Å². The minimum Gasteiger partial charge on any atom is -0.343 e. The zero-order valence-electron chi connectivity index (χ0n) is 7.10. The fourth-order valence-electron chi connectivity index (χ4n) is 1.14. The van der Waals surface area contributed by atoms with Gasteiger partial charge in [0.25, 0.3) is 0 Å². The van der Waals surface area contributed by atoms with Crippen LogP contribution in [0.2, 0.25) is 10.2 Å². The summed E-state index contributed by atoms with van der Waals surface area (Å²) in [6, 6.07) is 4.36. The molecular formula is C9H3BrCl2FNO. The maximum absolute atomic E-state index is 13.5. The van der Waals surface area contributed by atoms with Gasteiger partial charge in [0.15, 0.2) is 0 Å². The van der Waals surface area contributed by atoms with Crippen molar-refractivity contribution >= 4 is 39.1 Å². The minimum absolute atomic E-state index is 0.0596. The van der Waals surface area contributed by atoms with Gasteiger partial charge in [-0.1, -0.05) is 22.8 Å². The molecular weight excluding hydrogens is 308 g/mol. The van der Waals surface area contributed by atoms with Crippen LogP contribution < -0.4 is 0 Å². The predicted octanol–water partition coefficient (Wildman–Crippen LogP) is 4.55. The highest BCUT2D eigenvalue weighted by Gasteiger charge is 2.19. The van der Waals surface area contributed by atoms with Gasteiger partial charge in [-0.2, -0.15) is 0 Å². The Balaban J connectivity index is 2.69. The van der Waals surface area contributed by atoms with Crippen LogP contribution in [0.3, 0.4) is 0 Å². The van der Waals surface area contributed by atoms with Crippen molar-refractivity contribution in [1.82, 2.24) is 5.16 Å². The largest absolute Gasteiger partial charge is 0.343 e. The third kappa shape index (κ3) is 1.89. The van der Waals surface area contributed by atoms with Gasteiger partial charge in [0.05, 0.1) is 10.6 Å². The summed E-state index contributed by atoms with van der Waals surface area (Å²) in [6.07, 6.45) is 0. The Hall–Kier alpha value is -0.580. The highest BCUT2D eigenvalue weighted by Crippen LogP contribution is 2.37. The molecule has 2 nitrogen and oxygen atoms in total. The quantitative estimate of drug-likeness (QED) is 0.772. The van der Waals surface area contributed by atoms with Crippen LogP contribution in [0.1, 0.15) is 0 Å². The molecule has 0 unspecified atom stereocenters. The van der Waals surface area contributed by atoms with E-state index in [2.05, 4.69) is 21.1 Å². The van der Waals surface area contributed by atoms with Gasteiger partial charge in [0.2, 0.25) is 5.22 Å². The van der Waals surface area contributed by atoms with Crippen LogP contribution in [0.15, 0.2) is 27.2 Å². The predicted molar refractivity (Wildman–Crippen MR) is 59.6 cm³/mol. The number of hydrogen-bond donors (Lipinski definition) is 0. The number of nitrogens with zero attached hydrogens (tertiary/aromatic N) is 1. The number of benzene rings is 1. The fraction of sp³-hybridized carbons (Fsp3) is 0. The minimum atomic E-state index is -0.479. The molecule has 0 N–H and O–H groups in total. The van der Waals surface area contributed by atoms with Gasteiger partial charge in [-0.15, -0.1) is 0 Å². The molecule has 2 rings (SSSR count). The number of rotatable bonds is 1. The lowest BCUT2D eigenvalue weighted by Crippen LogP contribution is -1.86. The molecule has 78 valence electrons. The van der Waals surface area contributed by atoms with E-state index in [1.165, 1.54) is 12.1 Å². The molecule has 0 bridgehead atoms. The molecule has 0 aliphatic carbocycles. The van der Waals surface area contributed by atoms with Gasteiger partial charge in [-0.25, -0.2) is 4.39 Å². The maximum atomic E-state index is 13.5. The summed E-state index contributed by atoms with van der Waals surface area (Å²) in [5.41, 5.74) is 0.421. The highest BCUT2D eigenvalue weighted by molar-refractivity contribution is 9.10. The van der Waals surface area contributed by atoms with Crippen LogP contribution in [0, 0.1) is 5.82 Å². The molecule has 0 saturated carbocycles. The van der Waals surface area contributed by atoms with Gasteiger partial charge in [-0.3, -0.25) is 0 Å². The lowest BCUT2D eigenvalue weighted by Gasteiger charge is -2.01. The van der Waals surface area contributed by atoms with Crippen LogP contribution in [0.5, 0.6) is 0 Å². The first-order valence-electron chi connectivity index (χ1n) is 3.86. The molecule has 1 aromatic heterocycles. The van der Waals surface area contributed by atoms with Crippen LogP contribution in [-0.4, -0.2) is 5.16 Å². The SMILES string of the molecule is Fc1cccc(Cl)c1-c1noc(Cl)c1Br. The highest BCUT2D eigenvalue weighted by atomic mass is 79.9. The number of aromatic nitrogens is 1. The first kappa shape index (κ1) is 10.9. The van der Waals surface area contributed by atoms with E-state index in [-0.39, 0.29) is 21.5 Å². The van der Waals surface area contributed by atoms with Crippen molar-refractivity contribution in [1.29, 1.82) is 0 Å². The molecule has 0 radical (unpaired) electrons. The van der Waals surface area contributed by atoms with Gasteiger partial charge in [0, 0.05) is 0 Å². The summed E-state index contributed by atoms with van der Waals surface area (Å²) in [5.74, 6) is -0.479. The molecule has 6 heteroatoms. The third-order valence-electron chi connectivity index (χ3n) is 1.80. The summed E-state index contributed by atoms with van der Waals surface area (Å²) >= 11 is 14.6. The summed E-state index contributed by atoms with van der Waals surface area (Å²) in [5, 5.41) is 3.94. The molecule has 0 atom stereocenters. The summed E-state index contributed by atoms with van der Waals surface area (Å²) < 4.78 is 18.6. The molecule has 0 aliphatic rings. The Morgan fingerprint density at radius 3 is 2.60 bits per heavy atom. The zero-order valence-corrected chi connectivity index (χ0v) is 10.2. The van der Waals surface area contributed by atoms with Gasteiger partial charge >= 0.3 is 0 Å². The summed E-state index contributed by atoms with van der Waals surface area (Å²) in [4.78, 5) is 0. The summed E-state index contributed by atoms with van der Waals surface area (Å²) in [7, 11) is 0. The van der Waals surface area contributed by atoms with Crippen molar-refractivity contribution in [2.75, 3.05) is 0 Å². The Kier molecular flexibility index (Phi) is 3.00. The van der Waals surface area contributed by atoms with Crippen molar-refractivity contribution in [3.63, 3.8) is 0 Å². The molecule has 0 amide bonds. The maximum Gasteiger partial charge on any atom is 0.240 e. The third-order valence-corrected chi connectivity index (χ3v) is 3.33. The van der Waals surface area contributed by atoms with Crippen molar-refractivity contribution in [2.24, 2.45) is 0 Å². The Morgan fingerprint density at radius 1 is 1.33 bits per heavy atom. The molecule has 1 aromatic carbocycles. The second-order valence-electron chi connectivity index (χ2n) is 2.72. The van der Waals surface area contributed by atoms with Crippen LogP contribution in [0.25, 0.3) is 11.3 Å². The van der Waals surface area contributed by atoms with E-state index >= 15 is 0 Å². The first-order valence-corrected chi connectivity index (χ1v) is 5.41. The Bertz CT molecular complexity index is 495. The molecule has 15 heavy (non-hydrogen) atoms. The van der Waals surface area contributed by atoms with Gasteiger partial charge in [-0.05, 0) is 39.7 Å². The lowest BCUT2D eigenvalue weighted by molar-refractivity contribution is 0.423. The van der Waals surface area contributed by atoms with Crippen molar-refractivity contribution in [3.8, 4) is 11.3 Å². The molecule has 2 aromatic rings. The smallest absolute Gasteiger partial charge is 0.240 e. The fourth-order valence-corrected chi connectivity index (χ4v) is 1.86. The second kappa shape index (κ2) is 4.12. The average Bonchev–Trinajstić information content (AvgIpc) is 2.49. The van der Waals surface area contributed by atoms with Crippen LogP contribution >= 0.6 is 39.1 Å². The van der Waals surface area contributed by atoms with Gasteiger partial charge < -0.3 is 4.52 Å². The second-order valence-corrected chi connectivity index (χ2v) is 4.26. The topological polar surface area (TPSA) is 26.0 Å². The Labute approximate surface area is 103 Å². The van der Waals surface area contributed by atoms with E-state index in [1.807, 2.05) is 0 Å². The lowest BCUT2D eigenvalue weighted by atomic mass is 10.1. The van der Waals surface area contributed by atoms with E-state index < -0.39 is 5.82 Å². The zero-order chi connectivity index (χ0) is 11.0. The monoisotopic (exact) mass is 309 g/mol. The Morgan fingerprint density at radius 2 is 2.07 bits per heavy atom. The van der Waals surface area contributed by atoms with Crippen molar-refractivity contribution in [2.45, 2.75) is 0 Å². The van der Waals surface area contributed by atoms with E-state index in [0.717, 1.165) is 0 Å². The van der Waals surface area contributed by atoms with E-state index in [4.69, 9.17) is 27.7 Å². The van der Waals surface area contributed by atoms with E-state index in [1.54, 1.807) is 6.07 Å². The average molecular weight is 311 g/mol. The molecule has 0 spiro atoms. The normalized spacial score (nSPS) is 10.7. The summed E-state index contributed by atoms with van der Waals surface area (Å²) in [6.45, 7) is 0. The molecule has 0 aliphatic heterocycles. The molecule has 0 fully saturated rings. The number of hydrogen-bond acceptors (Lipinski definition) is 2. The number of halogens is 4. The molecule has 1 heterocycles. The van der Waals surface area contributed by atoms with E-state index in [0.29, 0.717) is 4.47 Å². The standard InChI is InChI=1S/C9H3BrCl2FNO/c10-7-8(14-15-9(7)12)6-4(11)2-1-3-5(6)13/h1-3H. The van der Waals surface area contributed by atoms with E-state index in [9.17, 15) is 4.39 Å².